The molecule has 1 atom stereocenters. The monoisotopic (exact) mass is 391 g/mol. The van der Waals surface area contributed by atoms with Crippen molar-refractivity contribution in [1.29, 1.82) is 0 Å². The number of unbranched alkanes of at least 4 members (excludes halogenated alkanes) is 1. The van der Waals surface area contributed by atoms with Crippen LogP contribution in [0.15, 0.2) is 15.7 Å². The predicted molar refractivity (Wildman–Crippen MR) is 97.0 cm³/mol. The Kier molecular flexibility index (Phi) is 13.9. The molecular formula is C16H29N3O8. The van der Waals surface area contributed by atoms with E-state index in [1.807, 2.05) is 14.9 Å². The van der Waals surface area contributed by atoms with Crippen molar-refractivity contribution in [3.05, 3.63) is 32.6 Å². The number of H-pyrrole nitrogens is 2. The minimum atomic E-state index is -1.34. The molecule has 1 unspecified atom stereocenters. The molecule has 1 aromatic heterocycles. The number of nitrogens with zero attached hydrogens (tertiary/aromatic N) is 1. The average Bonchev–Trinajstić information content (AvgIpc) is 2.59. The number of aromatic carboxylic acids is 1. The van der Waals surface area contributed by atoms with E-state index in [-0.39, 0.29) is 13.2 Å². The van der Waals surface area contributed by atoms with Gasteiger partial charge in [0.2, 0.25) is 0 Å². The molecular weight excluding hydrogens is 362 g/mol. The average molecular weight is 391 g/mol. The van der Waals surface area contributed by atoms with E-state index in [9.17, 15) is 19.5 Å². The first-order chi connectivity index (χ1) is 12.8. The maximum atomic E-state index is 10.5. The van der Waals surface area contributed by atoms with Crippen molar-refractivity contribution in [2.75, 3.05) is 46.1 Å². The van der Waals surface area contributed by atoms with Crippen LogP contribution in [0.4, 0.5) is 0 Å². The molecule has 0 aliphatic rings. The fraction of sp³-hybridized carbons (Fsp3) is 0.688. The third kappa shape index (κ3) is 12.9. The van der Waals surface area contributed by atoms with Gasteiger partial charge in [-0.05, 0) is 6.42 Å². The summed E-state index contributed by atoms with van der Waals surface area (Å²) in [7, 11) is 0. The number of hydrogen-bond donors (Lipinski definition) is 6. The summed E-state index contributed by atoms with van der Waals surface area (Å²) in [5.74, 6) is -1.34. The summed E-state index contributed by atoms with van der Waals surface area (Å²) >= 11 is 0. The number of aromatic nitrogens is 2. The quantitative estimate of drug-likeness (QED) is 0.225. The summed E-state index contributed by atoms with van der Waals surface area (Å²) < 4.78 is 5.29. The summed E-state index contributed by atoms with van der Waals surface area (Å²) in [5, 5.41) is 35.5. The molecule has 0 saturated carbocycles. The molecule has 0 radical (unpaired) electrons. The van der Waals surface area contributed by atoms with Gasteiger partial charge in [0.1, 0.15) is 5.69 Å². The highest BCUT2D eigenvalue weighted by Crippen LogP contribution is 1.95. The van der Waals surface area contributed by atoms with Gasteiger partial charge < -0.3 is 30.1 Å². The largest absolute Gasteiger partial charge is 0.477 e. The molecule has 6 N–H and O–H groups in total. The number of rotatable bonds is 12. The van der Waals surface area contributed by atoms with E-state index in [0.717, 1.165) is 18.9 Å². The van der Waals surface area contributed by atoms with Gasteiger partial charge in [-0.2, -0.15) is 0 Å². The third-order valence-electron chi connectivity index (χ3n) is 3.24. The van der Waals surface area contributed by atoms with Crippen molar-refractivity contribution < 1.29 is 30.0 Å². The van der Waals surface area contributed by atoms with Gasteiger partial charge in [-0.3, -0.25) is 14.7 Å². The van der Waals surface area contributed by atoms with E-state index < -0.39 is 29.0 Å². The van der Waals surface area contributed by atoms with E-state index >= 15 is 0 Å². The van der Waals surface area contributed by atoms with Gasteiger partial charge in [-0.1, -0.05) is 13.3 Å². The zero-order valence-corrected chi connectivity index (χ0v) is 15.4. The molecule has 0 fully saturated rings. The number of carboxylic acid groups (broad SMARTS) is 1. The van der Waals surface area contributed by atoms with Crippen LogP contribution in [0.5, 0.6) is 0 Å². The van der Waals surface area contributed by atoms with Gasteiger partial charge in [0.05, 0.1) is 25.9 Å². The summed E-state index contributed by atoms with van der Waals surface area (Å²) in [5.41, 5.74) is -1.97. The first-order valence-corrected chi connectivity index (χ1v) is 8.60. The number of ether oxygens (including phenoxy) is 1. The van der Waals surface area contributed by atoms with E-state index in [1.54, 1.807) is 0 Å². The number of aliphatic hydroxyl groups is 3. The van der Waals surface area contributed by atoms with Crippen molar-refractivity contribution >= 4 is 5.97 Å². The Morgan fingerprint density at radius 3 is 2.33 bits per heavy atom. The number of hydrogen-bond acceptors (Lipinski definition) is 8. The molecule has 11 nitrogen and oxygen atoms in total. The fourth-order valence-corrected chi connectivity index (χ4v) is 1.98. The predicted octanol–water partition coefficient (Wildman–Crippen LogP) is -1.79. The summed E-state index contributed by atoms with van der Waals surface area (Å²) in [6.45, 7) is 4.49. The molecule has 0 aliphatic heterocycles. The Morgan fingerprint density at radius 2 is 1.85 bits per heavy atom. The highest BCUT2D eigenvalue weighted by Gasteiger charge is 2.10. The van der Waals surface area contributed by atoms with Crippen LogP contribution in [0.1, 0.15) is 30.3 Å². The van der Waals surface area contributed by atoms with Crippen LogP contribution < -0.4 is 11.2 Å². The smallest absolute Gasteiger partial charge is 0.352 e. The second-order valence-corrected chi connectivity index (χ2v) is 5.64. The minimum absolute atomic E-state index is 0.0312. The topological polar surface area (TPSA) is 176 Å². The molecule has 1 aromatic rings. The molecule has 0 aromatic carbocycles. The number of aliphatic hydroxyl groups excluding tert-OH is 3. The number of carboxylic acids is 1. The van der Waals surface area contributed by atoms with Gasteiger partial charge in [0.25, 0.3) is 5.56 Å². The van der Waals surface area contributed by atoms with Crippen LogP contribution >= 0.6 is 0 Å². The molecule has 27 heavy (non-hydrogen) atoms. The van der Waals surface area contributed by atoms with Crippen LogP contribution in [-0.2, 0) is 4.74 Å². The lowest BCUT2D eigenvalue weighted by Crippen LogP contribution is -2.38. The molecule has 1 rings (SSSR count). The van der Waals surface area contributed by atoms with E-state index in [0.29, 0.717) is 32.8 Å². The standard InChI is InChI=1S/C11H25NO4.C5H4N2O4/c1-2-3-8-16-10-11(15)9-12(4-6-13)5-7-14;8-3-1-2(4(9)10)6-5(11)7-3/h11,13-15H,2-10H2,1H3;1H,(H,9,10)(H2,6,7,8,11). The van der Waals surface area contributed by atoms with E-state index in [4.69, 9.17) is 20.1 Å². The summed E-state index contributed by atoms with van der Waals surface area (Å²) in [6.07, 6.45) is 1.52. The lowest BCUT2D eigenvalue weighted by atomic mass is 10.3. The van der Waals surface area contributed by atoms with Gasteiger partial charge in [-0.15, -0.1) is 0 Å². The van der Waals surface area contributed by atoms with Crippen molar-refractivity contribution in [2.24, 2.45) is 0 Å². The van der Waals surface area contributed by atoms with Gasteiger partial charge in [0.15, 0.2) is 0 Å². The fourth-order valence-electron chi connectivity index (χ4n) is 1.98. The molecule has 0 bridgehead atoms. The van der Waals surface area contributed by atoms with Crippen molar-refractivity contribution in [3.8, 4) is 0 Å². The number of nitrogens with one attached hydrogen (secondary N) is 2. The van der Waals surface area contributed by atoms with Gasteiger partial charge >= 0.3 is 11.7 Å². The Labute approximate surface area is 156 Å². The summed E-state index contributed by atoms with van der Waals surface area (Å²) in [4.78, 5) is 36.7. The van der Waals surface area contributed by atoms with Crippen molar-refractivity contribution in [1.82, 2.24) is 14.9 Å². The minimum Gasteiger partial charge on any atom is -0.477 e. The van der Waals surface area contributed by atoms with Crippen molar-refractivity contribution in [2.45, 2.75) is 25.9 Å². The maximum absolute atomic E-state index is 10.5. The highest BCUT2D eigenvalue weighted by atomic mass is 16.5. The second-order valence-electron chi connectivity index (χ2n) is 5.64. The first-order valence-electron chi connectivity index (χ1n) is 8.60. The maximum Gasteiger partial charge on any atom is 0.352 e. The molecule has 156 valence electrons. The van der Waals surface area contributed by atoms with Gasteiger partial charge in [0, 0.05) is 32.3 Å². The van der Waals surface area contributed by atoms with Gasteiger partial charge in [-0.25, -0.2) is 9.59 Å². The molecule has 0 aliphatic carbocycles. The molecule has 1 heterocycles. The zero-order valence-electron chi connectivity index (χ0n) is 15.4. The normalized spacial score (nSPS) is 11.7. The van der Waals surface area contributed by atoms with Crippen LogP contribution in [0, 0.1) is 0 Å². The summed E-state index contributed by atoms with van der Waals surface area (Å²) in [6, 6.07) is 0.795. The lowest BCUT2D eigenvalue weighted by molar-refractivity contribution is 0.0106. The lowest BCUT2D eigenvalue weighted by Gasteiger charge is -2.23. The third-order valence-corrected chi connectivity index (χ3v) is 3.24. The first kappa shape index (κ1) is 24.9. The number of carbonyl (C=O) groups is 1. The van der Waals surface area contributed by atoms with Crippen LogP contribution in [-0.4, -0.2) is 93.4 Å². The highest BCUT2D eigenvalue weighted by molar-refractivity contribution is 5.84. The molecule has 0 saturated heterocycles. The Morgan fingerprint density at radius 1 is 1.22 bits per heavy atom. The zero-order chi connectivity index (χ0) is 20.7. The second kappa shape index (κ2) is 15.1. The Hall–Kier alpha value is -2.05. The Bertz CT molecular complexity index is 596. The van der Waals surface area contributed by atoms with Crippen LogP contribution in [0.3, 0.4) is 0 Å². The molecule has 0 spiro atoms. The van der Waals surface area contributed by atoms with E-state index in [1.165, 1.54) is 0 Å². The molecule has 0 amide bonds. The van der Waals surface area contributed by atoms with E-state index in [2.05, 4.69) is 6.92 Å². The SMILES string of the molecule is CCCCOCC(O)CN(CCO)CCO.O=C(O)c1cc(=O)[nH]c(=O)[nH]1. The van der Waals surface area contributed by atoms with Crippen molar-refractivity contribution in [3.63, 3.8) is 0 Å². The molecule has 11 heteroatoms. The number of aromatic amines is 2. The Balaban J connectivity index is 0.000000533. The van der Waals surface area contributed by atoms with Crippen LogP contribution in [0.2, 0.25) is 0 Å². The van der Waals surface area contributed by atoms with Crippen LogP contribution in [0.25, 0.3) is 0 Å².